The standard InChI is InChI=1S/C29H31N7O.C26H30N6O3/c1-21-5-10-25(18-27(21)34-29-31-13-11-26(33-29)24-4-3-12-30-19-24)32-28(37)23-8-6-22(7-9-23)20-36-16-14-35(2)15-17-36;1-30-12-14-31(15-13-30)20-10-8-19(9-11-20)25(33)27-24-21-16-32(17-22(21)28-29-24)26(34)23(35-2)18-6-4-3-5-7-18/h3-13,18-19H,14-17,20H2,1-2H3,(H,32,37)(H,31,33,34);3-11,23H,12-17H2,1-2H3,(H2,27,28,29,33)/t;23-/m.1/s1. The molecule has 17 nitrogen and oxygen atoms in total. The topological polar surface area (TPSA) is 180 Å². The van der Waals surface area contributed by atoms with Crippen molar-refractivity contribution in [3.63, 3.8) is 0 Å². The second-order valence-corrected chi connectivity index (χ2v) is 18.4. The fourth-order valence-electron chi connectivity index (χ4n) is 8.92. The number of nitrogens with one attached hydrogen (secondary N) is 4. The Morgan fingerprint density at radius 3 is 2.12 bits per heavy atom. The van der Waals surface area contributed by atoms with E-state index in [1.807, 2.05) is 122 Å². The van der Waals surface area contributed by atoms with Crippen LogP contribution in [0.5, 0.6) is 0 Å². The molecular weight excluding hydrogens is 907 g/mol. The highest BCUT2D eigenvalue weighted by molar-refractivity contribution is 6.05. The van der Waals surface area contributed by atoms with Gasteiger partial charge in [0.05, 0.1) is 24.5 Å². The Labute approximate surface area is 420 Å². The fraction of sp³-hybridized carbons (Fsp3) is 0.291. The van der Waals surface area contributed by atoms with Crippen LogP contribution in [0.25, 0.3) is 11.3 Å². The molecule has 0 radical (unpaired) electrons. The van der Waals surface area contributed by atoms with Crippen molar-refractivity contribution < 1.29 is 19.1 Å². The van der Waals surface area contributed by atoms with Crippen LogP contribution in [0.2, 0.25) is 0 Å². The largest absolute Gasteiger partial charge is 0.369 e. The monoisotopic (exact) mass is 967 g/mol. The Morgan fingerprint density at radius 2 is 1.43 bits per heavy atom. The summed E-state index contributed by atoms with van der Waals surface area (Å²) in [6.45, 7) is 12.0. The molecule has 6 heterocycles. The summed E-state index contributed by atoms with van der Waals surface area (Å²) in [6.07, 6.45) is 4.54. The maximum atomic E-state index is 13.2. The molecule has 370 valence electrons. The number of carbonyl (C=O) groups excluding carboxylic acids is 3. The Hall–Kier alpha value is -7.83. The third kappa shape index (κ3) is 12.2. The second-order valence-electron chi connectivity index (χ2n) is 18.4. The molecule has 3 aliphatic heterocycles. The number of aromatic amines is 1. The van der Waals surface area contributed by atoms with Gasteiger partial charge in [0, 0.05) is 124 Å². The number of aryl methyl sites for hydroxylation is 1. The smallest absolute Gasteiger partial charge is 0.256 e. The summed E-state index contributed by atoms with van der Waals surface area (Å²) < 4.78 is 5.50. The van der Waals surface area contributed by atoms with Crippen LogP contribution in [0.4, 0.5) is 28.8 Å². The van der Waals surface area contributed by atoms with E-state index in [0.717, 1.165) is 104 Å². The molecule has 4 N–H and O–H groups in total. The summed E-state index contributed by atoms with van der Waals surface area (Å²) in [6, 6.07) is 36.4. The number of fused-ring (bicyclic) bond motifs is 1. The highest BCUT2D eigenvalue weighted by Gasteiger charge is 2.33. The lowest BCUT2D eigenvalue weighted by Gasteiger charge is -2.34. The molecule has 0 saturated carbocycles. The highest BCUT2D eigenvalue weighted by Crippen LogP contribution is 2.31. The number of likely N-dealkylation sites (N-methyl/N-ethyl adjacent to an activating group) is 2. The predicted molar refractivity (Wildman–Crippen MR) is 280 cm³/mol. The van der Waals surface area contributed by atoms with Crippen LogP contribution in [-0.4, -0.2) is 136 Å². The van der Waals surface area contributed by atoms with Gasteiger partial charge in [0.2, 0.25) is 5.95 Å². The van der Waals surface area contributed by atoms with Gasteiger partial charge >= 0.3 is 0 Å². The van der Waals surface area contributed by atoms with Crippen molar-refractivity contribution >= 4 is 46.5 Å². The van der Waals surface area contributed by atoms with E-state index >= 15 is 0 Å². The maximum Gasteiger partial charge on any atom is 0.256 e. The minimum absolute atomic E-state index is 0.125. The number of piperazine rings is 2. The van der Waals surface area contributed by atoms with Crippen molar-refractivity contribution in [2.75, 3.05) is 94.4 Å². The van der Waals surface area contributed by atoms with Crippen molar-refractivity contribution in [1.82, 2.24) is 44.7 Å². The van der Waals surface area contributed by atoms with Crippen LogP contribution in [0, 0.1) is 6.92 Å². The van der Waals surface area contributed by atoms with E-state index in [0.29, 0.717) is 41.7 Å². The Bertz CT molecular complexity index is 2940. The van der Waals surface area contributed by atoms with E-state index in [1.54, 1.807) is 23.5 Å². The molecule has 2 saturated heterocycles. The SMILES string of the molecule is CO[C@@H](C(=O)N1Cc2[nH]nc(NC(=O)c3ccc(N4CCN(C)CC4)cc3)c2C1)c1ccccc1.Cc1ccc(NC(=O)c2ccc(CN3CCN(C)CC3)cc2)cc1Nc1nccc(-c2cccnc2)n1. The van der Waals surface area contributed by atoms with Crippen molar-refractivity contribution in [2.24, 2.45) is 0 Å². The van der Waals surface area contributed by atoms with Gasteiger partial charge in [0.25, 0.3) is 17.7 Å². The molecule has 0 spiro atoms. The first-order chi connectivity index (χ1) is 35.1. The van der Waals surface area contributed by atoms with Crippen molar-refractivity contribution in [2.45, 2.75) is 32.7 Å². The molecule has 2 fully saturated rings. The molecule has 17 heteroatoms. The van der Waals surface area contributed by atoms with Crippen molar-refractivity contribution in [1.29, 1.82) is 0 Å². The van der Waals surface area contributed by atoms with Crippen LogP contribution in [0.1, 0.15) is 54.8 Å². The zero-order chi connectivity index (χ0) is 50.0. The average molecular weight is 968 g/mol. The van der Waals surface area contributed by atoms with Gasteiger partial charge < -0.3 is 40.3 Å². The van der Waals surface area contributed by atoms with Crippen LogP contribution in [0.3, 0.4) is 0 Å². The van der Waals surface area contributed by atoms with Gasteiger partial charge in [-0.15, -0.1) is 0 Å². The van der Waals surface area contributed by atoms with E-state index in [9.17, 15) is 14.4 Å². The molecule has 72 heavy (non-hydrogen) atoms. The number of hydrogen-bond donors (Lipinski definition) is 4. The molecule has 0 unspecified atom stereocenters. The third-order valence-corrected chi connectivity index (χ3v) is 13.3. The summed E-state index contributed by atoms with van der Waals surface area (Å²) in [5.74, 6) is 0.435. The fourth-order valence-corrected chi connectivity index (χ4v) is 8.92. The van der Waals surface area contributed by atoms with Gasteiger partial charge in [0.15, 0.2) is 11.9 Å². The first-order valence-corrected chi connectivity index (χ1v) is 24.3. The van der Waals surface area contributed by atoms with Crippen LogP contribution < -0.4 is 20.9 Å². The number of H-pyrrole nitrogens is 1. The summed E-state index contributed by atoms with van der Waals surface area (Å²) in [5.41, 5.74) is 10.2. The number of nitrogens with zero attached hydrogens (tertiary/aromatic N) is 9. The van der Waals surface area contributed by atoms with Crippen LogP contribution >= 0.6 is 0 Å². The van der Waals surface area contributed by atoms with E-state index in [2.05, 4.69) is 74.8 Å². The second kappa shape index (κ2) is 22.9. The molecule has 3 aliphatic rings. The Kier molecular flexibility index (Phi) is 15.7. The normalized spacial score (nSPS) is 15.5. The number of hydrogen-bond acceptors (Lipinski definition) is 13. The minimum atomic E-state index is -0.676. The Morgan fingerprint density at radius 1 is 0.736 bits per heavy atom. The highest BCUT2D eigenvalue weighted by atomic mass is 16.5. The zero-order valence-electron chi connectivity index (χ0n) is 41.2. The molecule has 0 aliphatic carbocycles. The van der Waals surface area contributed by atoms with Gasteiger partial charge in [-0.25, -0.2) is 9.97 Å². The lowest BCUT2D eigenvalue weighted by atomic mass is 10.1. The van der Waals surface area contributed by atoms with Crippen molar-refractivity contribution in [3.8, 4) is 11.3 Å². The molecule has 3 amide bonds. The minimum Gasteiger partial charge on any atom is -0.369 e. The van der Waals surface area contributed by atoms with E-state index in [-0.39, 0.29) is 17.7 Å². The lowest BCUT2D eigenvalue weighted by molar-refractivity contribution is -0.143. The number of aromatic nitrogens is 5. The van der Waals surface area contributed by atoms with Crippen molar-refractivity contribution in [3.05, 3.63) is 173 Å². The summed E-state index contributed by atoms with van der Waals surface area (Å²) in [7, 11) is 5.82. The zero-order valence-corrected chi connectivity index (χ0v) is 41.2. The average Bonchev–Trinajstić information content (AvgIpc) is 4.01. The number of ether oxygens (including phenoxy) is 1. The summed E-state index contributed by atoms with van der Waals surface area (Å²) >= 11 is 0. The number of rotatable bonds is 13. The number of pyridine rings is 1. The van der Waals surface area contributed by atoms with E-state index < -0.39 is 6.10 Å². The van der Waals surface area contributed by atoms with Gasteiger partial charge in [-0.1, -0.05) is 48.5 Å². The lowest BCUT2D eigenvalue weighted by Crippen LogP contribution is -2.44. The van der Waals surface area contributed by atoms with Crippen LogP contribution in [-0.2, 0) is 29.2 Å². The van der Waals surface area contributed by atoms with E-state index in [4.69, 9.17) is 4.74 Å². The van der Waals surface area contributed by atoms with Gasteiger partial charge in [0.1, 0.15) is 0 Å². The molecular formula is C55H61N13O4. The number of amides is 3. The van der Waals surface area contributed by atoms with Gasteiger partial charge in [-0.05, 0) is 104 Å². The summed E-state index contributed by atoms with van der Waals surface area (Å²) in [4.78, 5) is 63.3. The first-order valence-electron chi connectivity index (χ1n) is 24.3. The van der Waals surface area contributed by atoms with Gasteiger partial charge in [-0.2, -0.15) is 5.10 Å². The maximum absolute atomic E-state index is 13.2. The molecule has 4 aromatic carbocycles. The quantitative estimate of drug-likeness (QED) is 0.0910. The Balaban J connectivity index is 0.000000178. The predicted octanol–water partition coefficient (Wildman–Crippen LogP) is 7.23. The third-order valence-electron chi connectivity index (χ3n) is 13.3. The number of carbonyl (C=O) groups is 3. The van der Waals surface area contributed by atoms with Crippen LogP contribution in [0.15, 0.2) is 134 Å². The van der Waals surface area contributed by atoms with Gasteiger partial charge in [-0.3, -0.25) is 29.4 Å². The summed E-state index contributed by atoms with van der Waals surface area (Å²) in [5, 5.41) is 16.5. The molecule has 1 atom stereocenters. The molecule has 10 rings (SSSR count). The number of benzene rings is 4. The number of methoxy groups -OCH3 is 1. The number of anilines is 5. The molecule has 0 bridgehead atoms. The molecule has 3 aromatic heterocycles. The molecule has 7 aromatic rings. The van der Waals surface area contributed by atoms with E-state index in [1.165, 1.54) is 12.7 Å². The first kappa shape index (κ1) is 49.2.